The maximum absolute atomic E-state index is 12.2. The van der Waals surface area contributed by atoms with Crippen molar-refractivity contribution in [3.05, 3.63) is 36.7 Å². The van der Waals surface area contributed by atoms with Crippen molar-refractivity contribution in [2.75, 3.05) is 5.32 Å². The molecular weight excluding hydrogens is 320 g/mol. The minimum absolute atomic E-state index is 0.127. The Hall–Kier alpha value is -2.96. The van der Waals surface area contributed by atoms with E-state index in [0.29, 0.717) is 17.1 Å². The lowest BCUT2D eigenvalue weighted by Gasteiger charge is -2.21. The smallest absolute Gasteiger partial charge is 0.246 e. The van der Waals surface area contributed by atoms with Gasteiger partial charge in [-0.05, 0) is 19.1 Å². The second-order valence-corrected chi connectivity index (χ2v) is 6.78. The maximum atomic E-state index is 12.2. The summed E-state index contributed by atoms with van der Waals surface area (Å²) in [7, 11) is 0. The molecular formula is C18H22N4O3. The van der Waals surface area contributed by atoms with Crippen molar-refractivity contribution in [1.82, 2.24) is 15.3 Å². The van der Waals surface area contributed by atoms with Gasteiger partial charge in [0.1, 0.15) is 11.8 Å². The Bertz CT molecular complexity index is 767. The third kappa shape index (κ3) is 5.00. The normalized spacial score (nSPS) is 12.3. The van der Waals surface area contributed by atoms with E-state index in [1.165, 1.54) is 12.4 Å². The van der Waals surface area contributed by atoms with Gasteiger partial charge in [0, 0.05) is 11.0 Å². The highest BCUT2D eigenvalue weighted by Crippen LogP contribution is 2.20. The molecule has 2 rings (SSSR count). The highest BCUT2D eigenvalue weighted by atomic mass is 16.3. The highest BCUT2D eigenvalue weighted by Gasteiger charge is 2.25. The average Bonchev–Trinajstić information content (AvgIpc) is 2.54. The molecule has 0 radical (unpaired) electrons. The molecule has 132 valence electrons. The van der Waals surface area contributed by atoms with Gasteiger partial charge in [-0.1, -0.05) is 32.9 Å². The van der Waals surface area contributed by atoms with Gasteiger partial charge in [0.15, 0.2) is 5.82 Å². The van der Waals surface area contributed by atoms with Gasteiger partial charge in [-0.2, -0.15) is 0 Å². The van der Waals surface area contributed by atoms with Crippen molar-refractivity contribution < 1.29 is 14.7 Å². The van der Waals surface area contributed by atoms with Crippen molar-refractivity contribution in [2.24, 2.45) is 5.41 Å². The number of carbonyl (C=O) groups is 2. The van der Waals surface area contributed by atoms with Gasteiger partial charge in [0.2, 0.25) is 11.8 Å². The number of amides is 2. The van der Waals surface area contributed by atoms with Gasteiger partial charge < -0.3 is 15.7 Å². The Labute approximate surface area is 146 Å². The molecule has 3 N–H and O–H groups in total. The predicted octanol–water partition coefficient (Wildman–Crippen LogP) is 2.34. The molecule has 7 nitrogen and oxygen atoms in total. The molecule has 2 aromatic rings. The van der Waals surface area contributed by atoms with Crippen LogP contribution in [0.3, 0.4) is 0 Å². The molecule has 0 bridgehead atoms. The van der Waals surface area contributed by atoms with Gasteiger partial charge >= 0.3 is 0 Å². The first kappa shape index (κ1) is 18.4. The molecule has 1 atom stereocenters. The van der Waals surface area contributed by atoms with E-state index in [1.54, 1.807) is 52.0 Å². The largest absolute Gasteiger partial charge is 0.508 e. The first-order valence-corrected chi connectivity index (χ1v) is 7.90. The van der Waals surface area contributed by atoms with E-state index in [-0.39, 0.29) is 17.6 Å². The van der Waals surface area contributed by atoms with Gasteiger partial charge in [-0.25, -0.2) is 9.97 Å². The molecule has 7 heteroatoms. The van der Waals surface area contributed by atoms with E-state index < -0.39 is 11.5 Å². The molecule has 2 amide bonds. The topological polar surface area (TPSA) is 104 Å². The van der Waals surface area contributed by atoms with E-state index in [9.17, 15) is 14.7 Å². The Morgan fingerprint density at radius 2 is 1.80 bits per heavy atom. The second kappa shape index (κ2) is 7.29. The van der Waals surface area contributed by atoms with Crippen molar-refractivity contribution in [3.8, 4) is 17.1 Å². The lowest BCUT2D eigenvalue weighted by Crippen LogP contribution is -2.46. The number of aromatic nitrogens is 2. The fourth-order valence-corrected chi connectivity index (χ4v) is 1.92. The number of benzene rings is 1. The van der Waals surface area contributed by atoms with Crippen LogP contribution in [0.1, 0.15) is 27.7 Å². The Morgan fingerprint density at radius 1 is 1.16 bits per heavy atom. The van der Waals surface area contributed by atoms with Crippen molar-refractivity contribution in [3.63, 3.8) is 0 Å². The number of hydrogen-bond acceptors (Lipinski definition) is 5. The lowest BCUT2D eigenvalue weighted by atomic mass is 9.95. The summed E-state index contributed by atoms with van der Waals surface area (Å²) in [5.41, 5.74) is 0.523. The molecule has 0 aliphatic rings. The molecule has 1 aromatic carbocycles. The Kier molecular flexibility index (Phi) is 5.36. The van der Waals surface area contributed by atoms with E-state index >= 15 is 0 Å². The van der Waals surface area contributed by atoms with Gasteiger partial charge in [-0.3, -0.25) is 9.59 Å². The summed E-state index contributed by atoms with van der Waals surface area (Å²) in [4.78, 5) is 32.4. The van der Waals surface area contributed by atoms with Crippen LogP contribution in [0.2, 0.25) is 0 Å². The van der Waals surface area contributed by atoms with Crippen molar-refractivity contribution in [2.45, 2.75) is 33.7 Å². The summed E-state index contributed by atoms with van der Waals surface area (Å²) in [5, 5.41) is 14.8. The van der Waals surface area contributed by atoms with E-state index in [0.717, 1.165) is 0 Å². The van der Waals surface area contributed by atoms with Crippen LogP contribution in [-0.4, -0.2) is 32.9 Å². The number of phenolic OH excluding ortho intramolecular Hbond substituents is 1. The predicted molar refractivity (Wildman–Crippen MR) is 94.8 cm³/mol. The molecule has 1 unspecified atom stereocenters. The monoisotopic (exact) mass is 342 g/mol. The summed E-state index contributed by atoms with van der Waals surface area (Å²) in [6.45, 7) is 6.95. The third-order valence-electron chi connectivity index (χ3n) is 3.45. The number of nitrogens with zero attached hydrogens (tertiary/aromatic N) is 2. The van der Waals surface area contributed by atoms with Crippen LogP contribution in [0.5, 0.6) is 5.75 Å². The Balaban J connectivity index is 2.01. The van der Waals surface area contributed by atoms with E-state index in [1.807, 2.05) is 0 Å². The molecule has 1 heterocycles. The number of nitrogens with one attached hydrogen (secondary N) is 2. The van der Waals surface area contributed by atoms with Gasteiger partial charge in [0.25, 0.3) is 0 Å². The van der Waals surface area contributed by atoms with Crippen LogP contribution in [0.25, 0.3) is 11.4 Å². The molecule has 25 heavy (non-hydrogen) atoms. The van der Waals surface area contributed by atoms with Crippen LogP contribution < -0.4 is 10.6 Å². The standard InChI is InChI=1S/C18H22N4O3/c1-11(21-17(25)18(2,3)4)16(24)22-13-9-19-15(20-10-13)12-6-5-7-14(23)8-12/h5-11,23H,1-4H3,(H,21,25)(H,22,24). The highest BCUT2D eigenvalue weighted by molar-refractivity contribution is 5.97. The van der Waals surface area contributed by atoms with Crippen LogP contribution in [0.15, 0.2) is 36.7 Å². The van der Waals surface area contributed by atoms with E-state index in [4.69, 9.17) is 0 Å². The zero-order valence-electron chi connectivity index (χ0n) is 14.7. The molecule has 0 aliphatic carbocycles. The quantitative estimate of drug-likeness (QED) is 0.791. The Morgan fingerprint density at radius 3 is 2.36 bits per heavy atom. The van der Waals surface area contributed by atoms with Gasteiger partial charge in [-0.15, -0.1) is 0 Å². The molecule has 0 aliphatic heterocycles. The summed E-state index contributed by atoms with van der Waals surface area (Å²) < 4.78 is 0. The molecule has 0 fully saturated rings. The van der Waals surface area contributed by atoms with Crippen molar-refractivity contribution in [1.29, 1.82) is 0 Å². The number of phenols is 1. The van der Waals surface area contributed by atoms with E-state index in [2.05, 4.69) is 20.6 Å². The number of carbonyl (C=O) groups excluding carboxylic acids is 2. The number of aromatic hydroxyl groups is 1. The SMILES string of the molecule is CC(NC(=O)C(C)(C)C)C(=O)Nc1cnc(-c2cccc(O)c2)nc1. The van der Waals surface area contributed by atoms with Crippen LogP contribution in [-0.2, 0) is 9.59 Å². The van der Waals surface area contributed by atoms with Gasteiger partial charge in [0.05, 0.1) is 18.1 Å². The minimum Gasteiger partial charge on any atom is -0.508 e. The maximum Gasteiger partial charge on any atom is 0.246 e. The lowest BCUT2D eigenvalue weighted by molar-refractivity contribution is -0.131. The number of anilines is 1. The zero-order chi connectivity index (χ0) is 18.6. The fourth-order valence-electron chi connectivity index (χ4n) is 1.92. The van der Waals surface area contributed by atoms with Crippen LogP contribution >= 0.6 is 0 Å². The molecule has 0 saturated carbocycles. The van der Waals surface area contributed by atoms with Crippen molar-refractivity contribution >= 4 is 17.5 Å². The fraction of sp³-hybridized carbons (Fsp3) is 0.333. The first-order chi connectivity index (χ1) is 11.7. The minimum atomic E-state index is -0.683. The summed E-state index contributed by atoms with van der Waals surface area (Å²) in [6.07, 6.45) is 2.95. The zero-order valence-corrected chi connectivity index (χ0v) is 14.7. The summed E-state index contributed by atoms with van der Waals surface area (Å²) in [5.74, 6) is 0.00168. The molecule has 1 aromatic heterocycles. The second-order valence-electron chi connectivity index (χ2n) is 6.78. The molecule has 0 spiro atoms. The summed E-state index contributed by atoms with van der Waals surface area (Å²) in [6, 6.07) is 5.90. The molecule has 0 saturated heterocycles. The number of rotatable bonds is 4. The average molecular weight is 342 g/mol. The third-order valence-corrected chi connectivity index (χ3v) is 3.45. The first-order valence-electron chi connectivity index (χ1n) is 7.90. The number of hydrogen-bond donors (Lipinski definition) is 3. The van der Waals surface area contributed by atoms with Crippen LogP contribution in [0, 0.1) is 5.41 Å². The summed E-state index contributed by atoms with van der Waals surface area (Å²) >= 11 is 0. The van der Waals surface area contributed by atoms with Crippen LogP contribution in [0.4, 0.5) is 5.69 Å².